The van der Waals surface area contributed by atoms with Crippen LogP contribution >= 0.6 is 0 Å². The quantitative estimate of drug-likeness (QED) is 0.674. The summed E-state index contributed by atoms with van der Waals surface area (Å²) < 4.78 is 21.3. The number of hydrogen-bond donors (Lipinski definition) is 3. The predicted octanol–water partition coefficient (Wildman–Crippen LogP) is 0.358. The summed E-state index contributed by atoms with van der Waals surface area (Å²) in [7, 11) is -3.50. The fourth-order valence-electron chi connectivity index (χ4n) is 1.32. The molecule has 4 N–H and O–H groups in total. The molecule has 0 aliphatic heterocycles. The smallest absolute Gasteiger partial charge is 0.319 e. The first kappa shape index (κ1) is 14.9. The summed E-state index contributed by atoms with van der Waals surface area (Å²) in [6, 6.07) is 7.93. The third-order valence-electron chi connectivity index (χ3n) is 2.14. The van der Waals surface area contributed by atoms with Crippen LogP contribution < -0.4 is 15.8 Å². The van der Waals surface area contributed by atoms with Crippen LogP contribution in [0, 0.1) is 11.3 Å². The monoisotopic (exact) mass is 282 g/mol. The van der Waals surface area contributed by atoms with E-state index >= 15 is 0 Å². The number of nitrogens with two attached hydrogens (primary N) is 1. The summed E-state index contributed by atoms with van der Waals surface area (Å²) in [5.74, 6) is -0.183. The number of hydrogen-bond acceptors (Lipinski definition) is 4. The highest BCUT2D eigenvalue weighted by Gasteiger charge is 2.04. The summed E-state index contributed by atoms with van der Waals surface area (Å²) in [5.41, 5.74) is 0.926. The van der Waals surface area contributed by atoms with Crippen LogP contribution in [0.2, 0.25) is 0 Å². The van der Waals surface area contributed by atoms with Gasteiger partial charge in [0, 0.05) is 12.2 Å². The average molecular weight is 282 g/mol. The highest BCUT2D eigenvalue weighted by atomic mass is 32.2. The predicted molar refractivity (Wildman–Crippen MR) is 70.8 cm³/mol. The van der Waals surface area contributed by atoms with Crippen molar-refractivity contribution in [3.63, 3.8) is 0 Å². The number of amides is 2. The van der Waals surface area contributed by atoms with E-state index in [1.54, 1.807) is 18.2 Å². The standard InChI is InChI=1S/C11H14N4O3S/c12-8-9-3-1-4-10(7-9)15-11(16)14-5-2-6-19(13,17)18/h1,3-4,7H,2,5-6H2,(H2,13,17,18)(H2,14,15,16). The molecular formula is C11H14N4O3S. The molecule has 1 aromatic carbocycles. The number of carbonyl (C=O) groups excluding carboxylic acids is 1. The van der Waals surface area contributed by atoms with Gasteiger partial charge in [0.2, 0.25) is 10.0 Å². The molecule has 0 heterocycles. The topological polar surface area (TPSA) is 125 Å². The number of nitrogens with one attached hydrogen (secondary N) is 2. The van der Waals surface area contributed by atoms with Gasteiger partial charge in [0.25, 0.3) is 0 Å². The van der Waals surface area contributed by atoms with Crippen molar-refractivity contribution in [3.05, 3.63) is 29.8 Å². The lowest BCUT2D eigenvalue weighted by Gasteiger charge is -2.07. The van der Waals surface area contributed by atoms with Gasteiger partial charge >= 0.3 is 6.03 Å². The molecule has 0 fully saturated rings. The molecule has 0 aromatic heterocycles. The van der Waals surface area contributed by atoms with Crippen LogP contribution in [0.15, 0.2) is 24.3 Å². The number of sulfonamides is 1. The van der Waals surface area contributed by atoms with E-state index in [0.29, 0.717) is 11.3 Å². The van der Waals surface area contributed by atoms with Gasteiger partial charge in [-0.15, -0.1) is 0 Å². The molecular weight excluding hydrogens is 268 g/mol. The first-order chi connectivity index (χ1) is 8.90. The molecule has 1 aromatic rings. The third-order valence-corrected chi connectivity index (χ3v) is 3.00. The molecule has 0 aliphatic rings. The maximum Gasteiger partial charge on any atom is 0.319 e. The molecule has 0 spiro atoms. The van der Waals surface area contributed by atoms with E-state index in [1.807, 2.05) is 6.07 Å². The molecule has 0 unspecified atom stereocenters. The number of benzene rings is 1. The highest BCUT2D eigenvalue weighted by Crippen LogP contribution is 2.09. The van der Waals surface area contributed by atoms with Gasteiger partial charge in [0.05, 0.1) is 17.4 Å². The number of nitrogens with zero attached hydrogens (tertiary/aromatic N) is 1. The maximum atomic E-state index is 11.5. The summed E-state index contributed by atoms with van der Waals surface area (Å²) in [5, 5.41) is 18.5. The molecule has 0 aliphatic carbocycles. The number of primary sulfonamides is 1. The van der Waals surface area contributed by atoms with Crippen molar-refractivity contribution in [3.8, 4) is 6.07 Å². The minimum atomic E-state index is -3.50. The largest absolute Gasteiger partial charge is 0.338 e. The maximum absolute atomic E-state index is 11.5. The first-order valence-electron chi connectivity index (χ1n) is 5.46. The molecule has 0 atom stereocenters. The van der Waals surface area contributed by atoms with Gasteiger partial charge in [-0.25, -0.2) is 18.4 Å². The van der Waals surface area contributed by atoms with Crippen molar-refractivity contribution < 1.29 is 13.2 Å². The van der Waals surface area contributed by atoms with E-state index in [2.05, 4.69) is 10.6 Å². The summed E-state index contributed by atoms with van der Waals surface area (Å²) >= 11 is 0. The van der Waals surface area contributed by atoms with Crippen molar-refractivity contribution in [2.24, 2.45) is 5.14 Å². The third kappa shape index (κ3) is 6.40. The van der Waals surface area contributed by atoms with Crippen molar-refractivity contribution in [1.82, 2.24) is 5.32 Å². The van der Waals surface area contributed by atoms with Gasteiger partial charge in [-0.05, 0) is 24.6 Å². The SMILES string of the molecule is N#Cc1cccc(NC(=O)NCCCS(N)(=O)=O)c1. The van der Waals surface area contributed by atoms with Crippen molar-refractivity contribution in [1.29, 1.82) is 5.26 Å². The number of carbonyl (C=O) groups is 1. The van der Waals surface area contributed by atoms with Crippen LogP contribution in [0.4, 0.5) is 10.5 Å². The highest BCUT2D eigenvalue weighted by molar-refractivity contribution is 7.89. The van der Waals surface area contributed by atoms with E-state index in [9.17, 15) is 13.2 Å². The molecule has 7 nitrogen and oxygen atoms in total. The van der Waals surface area contributed by atoms with Gasteiger partial charge in [-0.3, -0.25) is 0 Å². The molecule has 19 heavy (non-hydrogen) atoms. The Morgan fingerprint density at radius 3 is 2.79 bits per heavy atom. The average Bonchev–Trinajstić information content (AvgIpc) is 2.34. The lowest BCUT2D eigenvalue weighted by atomic mass is 10.2. The molecule has 2 amide bonds. The zero-order chi connectivity index (χ0) is 14.3. The molecule has 0 saturated heterocycles. The van der Waals surface area contributed by atoms with E-state index < -0.39 is 16.1 Å². The second kappa shape index (κ2) is 6.72. The zero-order valence-electron chi connectivity index (χ0n) is 10.1. The van der Waals surface area contributed by atoms with Crippen molar-refractivity contribution in [2.75, 3.05) is 17.6 Å². The first-order valence-corrected chi connectivity index (χ1v) is 7.18. The zero-order valence-corrected chi connectivity index (χ0v) is 10.9. The van der Waals surface area contributed by atoms with E-state index in [4.69, 9.17) is 10.4 Å². The van der Waals surface area contributed by atoms with Crippen LogP contribution in [-0.2, 0) is 10.0 Å². The minimum absolute atomic E-state index is 0.183. The van der Waals surface area contributed by atoms with Crippen LogP contribution in [0.1, 0.15) is 12.0 Å². The summed E-state index contributed by atoms with van der Waals surface area (Å²) in [4.78, 5) is 11.5. The fourth-order valence-corrected chi connectivity index (χ4v) is 1.86. The lowest BCUT2D eigenvalue weighted by Crippen LogP contribution is -2.31. The minimum Gasteiger partial charge on any atom is -0.338 e. The van der Waals surface area contributed by atoms with Gasteiger partial charge in [0.1, 0.15) is 0 Å². The van der Waals surface area contributed by atoms with Crippen LogP contribution in [-0.4, -0.2) is 26.7 Å². The normalized spacial score (nSPS) is 10.5. The Balaban J connectivity index is 2.37. The van der Waals surface area contributed by atoms with Crippen molar-refractivity contribution >= 4 is 21.7 Å². The van der Waals surface area contributed by atoms with E-state index in [0.717, 1.165) is 0 Å². The van der Waals surface area contributed by atoms with Gasteiger partial charge < -0.3 is 10.6 Å². The molecule has 1 rings (SSSR count). The fraction of sp³-hybridized carbons (Fsp3) is 0.273. The Bertz CT molecular complexity index is 592. The van der Waals surface area contributed by atoms with Gasteiger partial charge in [0.15, 0.2) is 0 Å². The number of rotatable bonds is 5. The van der Waals surface area contributed by atoms with Gasteiger partial charge in [-0.2, -0.15) is 5.26 Å². The number of nitriles is 1. The van der Waals surface area contributed by atoms with Crippen LogP contribution in [0.3, 0.4) is 0 Å². The van der Waals surface area contributed by atoms with E-state index in [-0.39, 0.29) is 18.7 Å². The second-order valence-electron chi connectivity index (χ2n) is 3.79. The van der Waals surface area contributed by atoms with Crippen LogP contribution in [0.5, 0.6) is 0 Å². The summed E-state index contributed by atoms with van der Waals surface area (Å²) in [6.07, 6.45) is 0.241. The van der Waals surface area contributed by atoms with E-state index in [1.165, 1.54) is 6.07 Å². The van der Waals surface area contributed by atoms with Gasteiger partial charge in [-0.1, -0.05) is 6.07 Å². The van der Waals surface area contributed by atoms with Crippen LogP contribution in [0.25, 0.3) is 0 Å². The second-order valence-corrected chi connectivity index (χ2v) is 5.53. The Morgan fingerprint density at radius 2 is 2.16 bits per heavy atom. The Kier molecular flexibility index (Phi) is 5.29. The summed E-state index contributed by atoms with van der Waals surface area (Å²) in [6.45, 7) is 0.195. The molecule has 8 heteroatoms. The van der Waals surface area contributed by atoms with Crippen molar-refractivity contribution in [2.45, 2.75) is 6.42 Å². The molecule has 0 radical (unpaired) electrons. The molecule has 0 bridgehead atoms. The Morgan fingerprint density at radius 1 is 1.42 bits per heavy atom. The Hall–Kier alpha value is -2.11. The molecule has 102 valence electrons. The lowest BCUT2D eigenvalue weighted by molar-refractivity contribution is 0.252. The number of urea groups is 1. The molecule has 0 saturated carbocycles. The Labute approximate surface area is 111 Å². The number of anilines is 1.